The van der Waals surface area contributed by atoms with Gasteiger partial charge in [0.15, 0.2) is 0 Å². The van der Waals surface area contributed by atoms with Gasteiger partial charge in [0, 0.05) is 12.2 Å². The molecule has 0 saturated carbocycles. The average molecular weight is 303 g/mol. The minimum Gasteiger partial charge on any atom is -0.478 e. The SMILES string of the molecule is O=C(O)c1cc(NC2CCc3ccccc3C2)ncc1Cl. The molecule has 1 aliphatic carbocycles. The summed E-state index contributed by atoms with van der Waals surface area (Å²) >= 11 is 5.83. The van der Waals surface area contributed by atoms with E-state index in [1.54, 1.807) is 0 Å². The van der Waals surface area contributed by atoms with E-state index >= 15 is 0 Å². The molecule has 108 valence electrons. The van der Waals surface area contributed by atoms with Gasteiger partial charge in [0.1, 0.15) is 5.82 Å². The van der Waals surface area contributed by atoms with Crippen LogP contribution in [0.5, 0.6) is 0 Å². The molecule has 4 nitrogen and oxygen atoms in total. The Balaban J connectivity index is 1.76. The Kier molecular flexibility index (Phi) is 3.80. The van der Waals surface area contributed by atoms with Gasteiger partial charge in [0.25, 0.3) is 0 Å². The van der Waals surface area contributed by atoms with E-state index in [-0.39, 0.29) is 16.6 Å². The van der Waals surface area contributed by atoms with E-state index in [1.165, 1.54) is 23.4 Å². The third kappa shape index (κ3) is 3.00. The number of benzene rings is 1. The number of aryl methyl sites for hydroxylation is 1. The lowest BCUT2D eigenvalue weighted by Gasteiger charge is -2.26. The van der Waals surface area contributed by atoms with Crippen LogP contribution in [0.1, 0.15) is 27.9 Å². The molecule has 0 saturated heterocycles. The quantitative estimate of drug-likeness (QED) is 0.912. The van der Waals surface area contributed by atoms with Crippen LogP contribution in [0.15, 0.2) is 36.5 Å². The largest absolute Gasteiger partial charge is 0.478 e. The molecule has 0 radical (unpaired) electrons. The van der Waals surface area contributed by atoms with E-state index in [2.05, 4.69) is 28.5 Å². The van der Waals surface area contributed by atoms with Crippen LogP contribution in [0.4, 0.5) is 5.82 Å². The molecule has 1 heterocycles. The van der Waals surface area contributed by atoms with Crippen molar-refractivity contribution < 1.29 is 9.90 Å². The van der Waals surface area contributed by atoms with E-state index in [0.29, 0.717) is 5.82 Å². The van der Waals surface area contributed by atoms with Gasteiger partial charge in [-0.2, -0.15) is 0 Å². The number of rotatable bonds is 3. The molecule has 0 bridgehead atoms. The van der Waals surface area contributed by atoms with Crippen molar-refractivity contribution >= 4 is 23.4 Å². The number of hydrogen-bond acceptors (Lipinski definition) is 3. The molecular formula is C16H15ClN2O2. The topological polar surface area (TPSA) is 62.2 Å². The van der Waals surface area contributed by atoms with E-state index in [4.69, 9.17) is 16.7 Å². The maximum absolute atomic E-state index is 11.1. The third-order valence-electron chi connectivity index (χ3n) is 3.78. The first-order valence-electron chi connectivity index (χ1n) is 6.85. The summed E-state index contributed by atoms with van der Waals surface area (Å²) in [5.74, 6) is -0.486. The van der Waals surface area contributed by atoms with Crippen molar-refractivity contribution in [3.63, 3.8) is 0 Å². The summed E-state index contributed by atoms with van der Waals surface area (Å²) in [5.41, 5.74) is 2.81. The van der Waals surface area contributed by atoms with Crippen molar-refractivity contribution in [1.82, 2.24) is 4.98 Å². The van der Waals surface area contributed by atoms with Gasteiger partial charge in [-0.15, -0.1) is 0 Å². The molecule has 3 rings (SSSR count). The number of anilines is 1. The number of aromatic carboxylic acids is 1. The van der Waals surface area contributed by atoms with Gasteiger partial charge in [-0.1, -0.05) is 35.9 Å². The van der Waals surface area contributed by atoms with Crippen LogP contribution in [0.2, 0.25) is 5.02 Å². The summed E-state index contributed by atoms with van der Waals surface area (Å²) < 4.78 is 0. The zero-order chi connectivity index (χ0) is 14.8. The number of halogens is 1. The summed E-state index contributed by atoms with van der Waals surface area (Å²) in [5, 5.41) is 12.6. The lowest BCUT2D eigenvalue weighted by atomic mass is 9.88. The predicted octanol–water partition coefficient (Wildman–Crippen LogP) is 3.40. The van der Waals surface area contributed by atoms with Gasteiger partial charge in [0.2, 0.25) is 0 Å². The van der Waals surface area contributed by atoms with Crippen LogP contribution in [-0.2, 0) is 12.8 Å². The fourth-order valence-corrected chi connectivity index (χ4v) is 2.90. The van der Waals surface area contributed by atoms with E-state index in [9.17, 15) is 4.79 Å². The third-order valence-corrected chi connectivity index (χ3v) is 4.09. The van der Waals surface area contributed by atoms with Crippen LogP contribution in [0, 0.1) is 0 Å². The standard InChI is InChI=1S/C16H15ClN2O2/c17-14-9-18-15(8-13(14)16(20)21)19-12-6-5-10-3-1-2-4-11(10)7-12/h1-4,8-9,12H,5-7H2,(H,18,19)(H,20,21). The summed E-state index contributed by atoms with van der Waals surface area (Å²) in [6.07, 6.45) is 4.32. The highest BCUT2D eigenvalue weighted by molar-refractivity contribution is 6.33. The number of nitrogens with zero attached hydrogens (tertiary/aromatic N) is 1. The molecule has 1 aromatic carbocycles. The Morgan fingerprint density at radius 1 is 1.33 bits per heavy atom. The molecule has 0 aliphatic heterocycles. The van der Waals surface area contributed by atoms with Crippen LogP contribution in [0.3, 0.4) is 0 Å². The molecule has 2 aromatic rings. The number of fused-ring (bicyclic) bond motifs is 1. The van der Waals surface area contributed by atoms with Crippen LogP contribution < -0.4 is 5.32 Å². The summed E-state index contributed by atoms with van der Waals surface area (Å²) in [7, 11) is 0. The van der Waals surface area contributed by atoms with Gasteiger partial charge in [-0.3, -0.25) is 0 Å². The Labute approximate surface area is 127 Å². The normalized spacial score (nSPS) is 17.1. The highest BCUT2D eigenvalue weighted by Crippen LogP contribution is 2.24. The van der Waals surface area contributed by atoms with E-state index in [1.807, 2.05) is 6.07 Å². The minimum absolute atomic E-state index is 0.0744. The molecule has 0 spiro atoms. The number of aromatic nitrogens is 1. The molecule has 1 unspecified atom stereocenters. The molecule has 1 atom stereocenters. The molecule has 5 heteroatoms. The Bertz CT molecular complexity index is 688. The van der Waals surface area contributed by atoms with Gasteiger partial charge >= 0.3 is 5.97 Å². The first-order valence-corrected chi connectivity index (χ1v) is 7.23. The lowest BCUT2D eigenvalue weighted by Crippen LogP contribution is -2.27. The summed E-state index contributed by atoms with van der Waals surface area (Å²) in [4.78, 5) is 15.3. The molecule has 1 aromatic heterocycles. The Morgan fingerprint density at radius 3 is 2.86 bits per heavy atom. The van der Waals surface area contributed by atoms with Crippen molar-refractivity contribution in [3.05, 3.63) is 58.2 Å². The number of carbonyl (C=O) groups is 1. The van der Waals surface area contributed by atoms with Crippen LogP contribution in [-0.4, -0.2) is 22.1 Å². The number of nitrogens with one attached hydrogen (secondary N) is 1. The van der Waals surface area contributed by atoms with Gasteiger partial charge in [-0.25, -0.2) is 9.78 Å². The number of pyridine rings is 1. The van der Waals surface area contributed by atoms with Crippen molar-refractivity contribution in [3.8, 4) is 0 Å². The first-order chi connectivity index (χ1) is 10.1. The maximum atomic E-state index is 11.1. The molecule has 1 aliphatic rings. The zero-order valence-electron chi connectivity index (χ0n) is 11.3. The molecule has 0 amide bonds. The fourth-order valence-electron chi connectivity index (χ4n) is 2.71. The number of carboxylic acid groups (broad SMARTS) is 1. The predicted molar refractivity (Wildman–Crippen MR) is 82.1 cm³/mol. The highest BCUT2D eigenvalue weighted by atomic mass is 35.5. The van der Waals surface area contributed by atoms with Crippen molar-refractivity contribution in [2.24, 2.45) is 0 Å². The number of hydrogen-bond donors (Lipinski definition) is 2. The second-order valence-electron chi connectivity index (χ2n) is 5.21. The summed E-state index contributed by atoms with van der Waals surface area (Å²) in [6.45, 7) is 0. The van der Waals surface area contributed by atoms with Gasteiger partial charge in [-0.05, 0) is 36.5 Å². The Morgan fingerprint density at radius 2 is 2.10 bits per heavy atom. The Hall–Kier alpha value is -2.07. The van der Waals surface area contributed by atoms with E-state index in [0.717, 1.165) is 19.3 Å². The minimum atomic E-state index is -1.04. The average Bonchev–Trinajstić information content (AvgIpc) is 2.49. The van der Waals surface area contributed by atoms with Crippen LogP contribution >= 0.6 is 11.6 Å². The fraction of sp³-hybridized carbons (Fsp3) is 0.250. The van der Waals surface area contributed by atoms with Crippen molar-refractivity contribution in [2.45, 2.75) is 25.3 Å². The van der Waals surface area contributed by atoms with Gasteiger partial charge in [0.05, 0.1) is 10.6 Å². The van der Waals surface area contributed by atoms with Crippen molar-refractivity contribution in [2.75, 3.05) is 5.32 Å². The smallest absolute Gasteiger partial charge is 0.337 e. The van der Waals surface area contributed by atoms with E-state index < -0.39 is 5.97 Å². The second kappa shape index (κ2) is 5.74. The molecule has 2 N–H and O–H groups in total. The number of carboxylic acids is 1. The molecular weight excluding hydrogens is 288 g/mol. The maximum Gasteiger partial charge on any atom is 0.337 e. The summed E-state index contributed by atoms with van der Waals surface area (Å²) in [6, 6.07) is 10.2. The first kappa shape index (κ1) is 13.9. The molecule has 0 fully saturated rings. The highest BCUT2D eigenvalue weighted by Gasteiger charge is 2.19. The zero-order valence-corrected chi connectivity index (χ0v) is 12.1. The molecule has 21 heavy (non-hydrogen) atoms. The van der Waals surface area contributed by atoms with Gasteiger partial charge < -0.3 is 10.4 Å². The lowest BCUT2D eigenvalue weighted by molar-refractivity contribution is 0.0697. The van der Waals surface area contributed by atoms with Crippen molar-refractivity contribution in [1.29, 1.82) is 0 Å². The van der Waals surface area contributed by atoms with Crippen LogP contribution in [0.25, 0.3) is 0 Å². The second-order valence-corrected chi connectivity index (χ2v) is 5.61. The monoisotopic (exact) mass is 302 g/mol.